The van der Waals surface area contributed by atoms with Gasteiger partial charge in [0.1, 0.15) is 11.6 Å². The van der Waals surface area contributed by atoms with E-state index in [2.05, 4.69) is 10.1 Å². The third-order valence-electron chi connectivity index (χ3n) is 5.75. The van der Waals surface area contributed by atoms with E-state index in [9.17, 15) is 9.18 Å². The first kappa shape index (κ1) is 21.3. The number of rotatable bonds is 5. The lowest BCUT2D eigenvalue weighted by molar-refractivity contribution is 0.0987. The Kier molecular flexibility index (Phi) is 5.88. The van der Waals surface area contributed by atoms with Crippen LogP contribution in [0.1, 0.15) is 39.9 Å². The fraction of sp³-hybridized carbons (Fsp3) is 0.192. The number of ether oxygens (including phenoxy) is 1. The summed E-state index contributed by atoms with van der Waals surface area (Å²) in [6.45, 7) is 0. The average molecular weight is 460 g/mol. The van der Waals surface area contributed by atoms with Crippen LogP contribution in [0.25, 0.3) is 10.2 Å². The number of carbonyl (C=O) groups excluding carboxylic acids is 1. The van der Waals surface area contributed by atoms with Crippen LogP contribution in [0, 0.1) is 5.82 Å². The normalized spacial score (nSPS) is 13.3. The molecule has 0 bridgehead atoms. The maximum absolute atomic E-state index is 13.6. The Labute approximate surface area is 195 Å². The van der Waals surface area contributed by atoms with Crippen LogP contribution in [0.5, 0.6) is 5.75 Å². The molecular formula is C26H22FN3O2S. The predicted molar refractivity (Wildman–Crippen MR) is 130 cm³/mol. The molecule has 0 unspecified atom stereocenters. The van der Waals surface area contributed by atoms with E-state index in [0.29, 0.717) is 16.3 Å². The van der Waals surface area contributed by atoms with Crippen LogP contribution in [-0.4, -0.2) is 24.2 Å². The molecule has 0 N–H and O–H groups in total. The summed E-state index contributed by atoms with van der Waals surface area (Å²) in [4.78, 5) is 18.2. The number of methoxy groups -OCH3 is 1. The molecule has 1 aliphatic carbocycles. The molecule has 0 aliphatic heterocycles. The maximum atomic E-state index is 13.6. The number of benzene rings is 3. The van der Waals surface area contributed by atoms with Gasteiger partial charge >= 0.3 is 0 Å². The first-order valence-electron chi connectivity index (χ1n) is 10.8. The van der Waals surface area contributed by atoms with Crippen LogP contribution in [-0.2, 0) is 12.8 Å². The summed E-state index contributed by atoms with van der Waals surface area (Å²) in [5.41, 5.74) is 4.55. The molecule has 1 aromatic heterocycles. The Morgan fingerprint density at radius 3 is 2.64 bits per heavy atom. The molecule has 0 saturated carbocycles. The molecule has 0 fully saturated rings. The van der Waals surface area contributed by atoms with E-state index in [1.54, 1.807) is 25.5 Å². The fourth-order valence-electron chi connectivity index (χ4n) is 3.96. The van der Waals surface area contributed by atoms with E-state index in [-0.39, 0.29) is 11.7 Å². The Balaban J connectivity index is 1.54. The second-order valence-electron chi connectivity index (χ2n) is 7.93. The summed E-state index contributed by atoms with van der Waals surface area (Å²) < 4.78 is 19.5. The lowest BCUT2D eigenvalue weighted by atomic mass is 9.90. The zero-order valence-corrected chi connectivity index (χ0v) is 18.9. The second kappa shape index (κ2) is 9.11. The lowest BCUT2D eigenvalue weighted by Crippen LogP contribution is -2.26. The number of aromatic nitrogens is 1. The molecule has 4 aromatic rings. The molecule has 0 spiro atoms. The molecule has 5 nitrogen and oxygen atoms in total. The Morgan fingerprint density at radius 2 is 1.85 bits per heavy atom. The number of fused-ring (bicyclic) bond motifs is 2. The molecule has 7 heteroatoms. The van der Waals surface area contributed by atoms with Crippen molar-refractivity contribution in [2.45, 2.75) is 25.7 Å². The Hall–Kier alpha value is -3.58. The van der Waals surface area contributed by atoms with Gasteiger partial charge in [-0.25, -0.2) is 9.37 Å². The number of carbonyl (C=O) groups is 1. The van der Waals surface area contributed by atoms with Crippen LogP contribution in [0.4, 0.5) is 9.52 Å². The molecule has 166 valence electrons. The molecule has 1 amide bonds. The number of thiazole rings is 1. The van der Waals surface area contributed by atoms with Crippen LogP contribution in [0.3, 0.4) is 0 Å². The van der Waals surface area contributed by atoms with Crippen molar-refractivity contribution in [1.82, 2.24) is 4.98 Å². The topological polar surface area (TPSA) is 54.8 Å². The molecular weight excluding hydrogens is 437 g/mol. The third-order valence-corrected chi connectivity index (χ3v) is 6.74. The summed E-state index contributed by atoms with van der Waals surface area (Å²) >= 11 is 1.36. The van der Waals surface area contributed by atoms with Crippen molar-refractivity contribution in [1.29, 1.82) is 0 Å². The third kappa shape index (κ3) is 4.50. The fourth-order valence-corrected chi connectivity index (χ4v) is 4.91. The van der Waals surface area contributed by atoms with Crippen molar-refractivity contribution in [3.05, 3.63) is 88.7 Å². The van der Waals surface area contributed by atoms with Crippen molar-refractivity contribution in [3.63, 3.8) is 0 Å². The van der Waals surface area contributed by atoms with E-state index in [1.165, 1.54) is 46.0 Å². The number of aryl methyl sites for hydroxylation is 2. The van der Waals surface area contributed by atoms with Gasteiger partial charge in [0.25, 0.3) is 5.91 Å². The average Bonchev–Trinajstić information content (AvgIpc) is 3.27. The minimum atomic E-state index is -0.325. The van der Waals surface area contributed by atoms with Gasteiger partial charge in [-0.3, -0.25) is 4.79 Å². The molecule has 0 atom stereocenters. The van der Waals surface area contributed by atoms with Crippen LogP contribution >= 0.6 is 11.3 Å². The summed E-state index contributed by atoms with van der Waals surface area (Å²) in [5, 5.41) is 6.26. The first-order valence-corrected chi connectivity index (χ1v) is 11.6. The molecule has 5 rings (SSSR count). The van der Waals surface area contributed by atoms with Crippen LogP contribution in [0.15, 0.2) is 65.8 Å². The highest BCUT2D eigenvalue weighted by molar-refractivity contribution is 7.22. The smallest absolute Gasteiger partial charge is 0.280 e. The van der Waals surface area contributed by atoms with Crippen molar-refractivity contribution >= 4 is 38.8 Å². The molecule has 33 heavy (non-hydrogen) atoms. The van der Waals surface area contributed by atoms with E-state index < -0.39 is 0 Å². The highest BCUT2D eigenvalue weighted by atomic mass is 32.1. The summed E-state index contributed by atoms with van der Waals surface area (Å²) in [5.74, 6) is 0.141. The quantitative estimate of drug-likeness (QED) is 0.272. The van der Waals surface area contributed by atoms with Crippen LogP contribution < -0.4 is 9.75 Å². The number of halogens is 1. The SMILES string of the molecule is COc1ccc2nc(N(/N=C/c3ccc(F)cc3)C(=O)c3ccc4c(c3)CCCC4)sc2c1. The van der Waals surface area contributed by atoms with Gasteiger partial charge in [-0.2, -0.15) is 10.1 Å². The highest BCUT2D eigenvalue weighted by Gasteiger charge is 2.22. The molecule has 1 aliphatic rings. The lowest BCUT2D eigenvalue weighted by Gasteiger charge is -2.18. The predicted octanol–water partition coefficient (Wildman–Crippen LogP) is 6.00. The molecule has 0 saturated heterocycles. The zero-order chi connectivity index (χ0) is 22.8. The van der Waals surface area contributed by atoms with Gasteiger partial charge in [-0.15, -0.1) is 0 Å². The van der Waals surface area contributed by atoms with Crippen molar-refractivity contribution in [3.8, 4) is 5.75 Å². The van der Waals surface area contributed by atoms with E-state index >= 15 is 0 Å². The summed E-state index contributed by atoms with van der Waals surface area (Å²) in [7, 11) is 1.61. The van der Waals surface area contributed by atoms with E-state index in [0.717, 1.165) is 35.2 Å². The maximum Gasteiger partial charge on any atom is 0.280 e. The van der Waals surface area contributed by atoms with Crippen molar-refractivity contribution < 1.29 is 13.9 Å². The highest BCUT2D eigenvalue weighted by Crippen LogP contribution is 2.33. The Morgan fingerprint density at radius 1 is 1.06 bits per heavy atom. The van der Waals surface area contributed by atoms with Gasteiger partial charge in [0.2, 0.25) is 5.13 Å². The zero-order valence-electron chi connectivity index (χ0n) is 18.1. The van der Waals surface area contributed by atoms with Gasteiger partial charge < -0.3 is 4.74 Å². The van der Waals surface area contributed by atoms with Gasteiger partial charge in [0.05, 0.1) is 23.5 Å². The van der Waals surface area contributed by atoms with Crippen LogP contribution in [0.2, 0.25) is 0 Å². The standard InChI is InChI=1S/C26H22FN3O2S/c1-32-22-12-13-23-24(15-22)33-26(29-23)30(28-16-17-6-10-21(27)11-7-17)25(31)20-9-8-18-4-2-3-5-19(18)14-20/h6-16H,2-5H2,1H3/b28-16+. The number of hydrogen-bond donors (Lipinski definition) is 0. The number of nitrogens with zero attached hydrogens (tertiary/aromatic N) is 3. The van der Waals surface area contributed by atoms with Crippen molar-refractivity contribution in [2.24, 2.45) is 5.10 Å². The second-order valence-corrected chi connectivity index (χ2v) is 8.94. The van der Waals surface area contributed by atoms with Crippen molar-refractivity contribution in [2.75, 3.05) is 12.1 Å². The number of anilines is 1. The number of amides is 1. The van der Waals surface area contributed by atoms with E-state index in [1.807, 2.05) is 36.4 Å². The van der Waals surface area contributed by atoms with E-state index in [4.69, 9.17) is 4.74 Å². The summed E-state index contributed by atoms with van der Waals surface area (Å²) in [6, 6.07) is 17.4. The molecule has 3 aromatic carbocycles. The van der Waals surface area contributed by atoms with Gasteiger partial charge in [-0.1, -0.05) is 29.5 Å². The van der Waals surface area contributed by atoms with Gasteiger partial charge in [-0.05, 0) is 84.8 Å². The van der Waals surface area contributed by atoms with Gasteiger partial charge in [0.15, 0.2) is 0 Å². The Bertz CT molecular complexity index is 1350. The summed E-state index contributed by atoms with van der Waals surface area (Å²) in [6.07, 6.45) is 5.90. The first-order chi connectivity index (χ1) is 16.1. The largest absolute Gasteiger partial charge is 0.497 e. The molecule has 1 heterocycles. The number of hydrazone groups is 1. The number of hydrogen-bond acceptors (Lipinski definition) is 5. The van der Waals surface area contributed by atoms with Gasteiger partial charge in [0, 0.05) is 5.56 Å². The minimum absolute atomic E-state index is 0.257. The monoisotopic (exact) mass is 459 g/mol. The molecule has 0 radical (unpaired) electrons. The minimum Gasteiger partial charge on any atom is -0.497 e.